The molecular weight excluding hydrogens is 307 g/mol. The van der Waals surface area contributed by atoms with Crippen molar-refractivity contribution in [2.24, 2.45) is 0 Å². The molecule has 0 amide bonds. The van der Waals surface area contributed by atoms with E-state index in [1.54, 1.807) is 10.8 Å². The van der Waals surface area contributed by atoms with Gasteiger partial charge in [0.25, 0.3) is 0 Å². The fraction of sp³-hybridized carbons (Fsp3) is 0.538. The Labute approximate surface area is 124 Å². The molecular formula is C13H15ClF3N3O. The number of pyridine rings is 1. The second-order valence-corrected chi connectivity index (χ2v) is 5.02. The van der Waals surface area contributed by atoms with Crippen LogP contribution in [0.2, 0.25) is 0 Å². The van der Waals surface area contributed by atoms with Gasteiger partial charge in [0, 0.05) is 25.0 Å². The Balaban J connectivity index is 2.14. The second kappa shape index (κ2) is 6.62. The van der Waals surface area contributed by atoms with Gasteiger partial charge in [-0.05, 0) is 18.6 Å². The molecule has 0 bridgehead atoms. The summed E-state index contributed by atoms with van der Waals surface area (Å²) in [5, 5.41) is 0. The third-order valence-electron chi connectivity index (χ3n) is 2.84. The monoisotopic (exact) mass is 321 g/mol. The molecule has 0 atom stereocenters. The zero-order chi connectivity index (χ0) is 15.5. The van der Waals surface area contributed by atoms with Gasteiger partial charge < -0.3 is 9.30 Å². The predicted octanol–water partition coefficient (Wildman–Crippen LogP) is 3.10. The third kappa shape index (κ3) is 4.31. The van der Waals surface area contributed by atoms with Crippen LogP contribution < -0.4 is 0 Å². The van der Waals surface area contributed by atoms with Crippen LogP contribution in [0.4, 0.5) is 13.2 Å². The summed E-state index contributed by atoms with van der Waals surface area (Å²) >= 11 is 5.73. The van der Waals surface area contributed by atoms with Crippen LogP contribution in [0, 0.1) is 6.92 Å². The van der Waals surface area contributed by atoms with E-state index in [-0.39, 0.29) is 13.2 Å². The SMILES string of the molecule is Cc1cnc2c(c1)nc(CCCl)n2CCOCC(F)(F)F. The van der Waals surface area contributed by atoms with Crippen molar-refractivity contribution >= 4 is 22.8 Å². The minimum absolute atomic E-state index is 0.0597. The Kier molecular flexibility index (Phi) is 5.05. The van der Waals surface area contributed by atoms with Gasteiger partial charge in [0.15, 0.2) is 5.65 Å². The van der Waals surface area contributed by atoms with E-state index in [0.29, 0.717) is 29.3 Å². The summed E-state index contributed by atoms with van der Waals surface area (Å²) in [6.07, 6.45) is -2.09. The van der Waals surface area contributed by atoms with Crippen LogP contribution in [-0.4, -0.2) is 39.8 Å². The Morgan fingerprint density at radius 3 is 2.81 bits per heavy atom. The molecule has 0 aliphatic heterocycles. The van der Waals surface area contributed by atoms with Crippen LogP contribution in [0.3, 0.4) is 0 Å². The van der Waals surface area contributed by atoms with Gasteiger partial charge in [-0.2, -0.15) is 13.2 Å². The molecule has 0 saturated carbocycles. The molecule has 0 aliphatic rings. The lowest BCUT2D eigenvalue weighted by molar-refractivity contribution is -0.174. The molecule has 0 radical (unpaired) electrons. The molecule has 2 aromatic rings. The average Bonchev–Trinajstić information content (AvgIpc) is 2.71. The molecule has 21 heavy (non-hydrogen) atoms. The van der Waals surface area contributed by atoms with Gasteiger partial charge in [0.1, 0.15) is 17.9 Å². The first kappa shape index (κ1) is 16.0. The predicted molar refractivity (Wildman–Crippen MR) is 73.6 cm³/mol. The topological polar surface area (TPSA) is 39.9 Å². The van der Waals surface area contributed by atoms with E-state index in [0.717, 1.165) is 5.56 Å². The minimum Gasteiger partial charge on any atom is -0.370 e. The number of halogens is 4. The summed E-state index contributed by atoms with van der Waals surface area (Å²) in [6.45, 7) is 0.848. The van der Waals surface area contributed by atoms with Crippen LogP contribution >= 0.6 is 11.6 Å². The number of aromatic nitrogens is 3. The Bertz CT molecular complexity index is 612. The highest BCUT2D eigenvalue weighted by molar-refractivity contribution is 6.17. The van der Waals surface area contributed by atoms with E-state index in [1.807, 2.05) is 13.0 Å². The molecule has 0 aromatic carbocycles. The lowest BCUT2D eigenvalue weighted by Gasteiger charge is -2.10. The smallest absolute Gasteiger partial charge is 0.370 e. The lowest BCUT2D eigenvalue weighted by atomic mass is 10.3. The normalized spacial score (nSPS) is 12.2. The summed E-state index contributed by atoms with van der Waals surface area (Å²) in [4.78, 5) is 8.72. The quantitative estimate of drug-likeness (QED) is 0.606. The first-order chi connectivity index (χ1) is 9.90. The molecule has 0 spiro atoms. The molecule has 2 rings (SSSR count). The molecule has 2 aromatic heterocycles. The fourth-order valence-corrected chi connectivity index (χ4v) is 2.18. The highest BCUT2D eigenvalue weighted by Crippen LogP contribution is 2.17. The van der Waals surface area contributed by atoms with Gasteiger partial charge in [-0.3, -0.25) is 0 Å². The van der Waals surface area contributed by atoms with Crippen molar-refractivity contribution in [3.05, 3.63) is 23.7 Å². The number of hydrogen-bond donors (Lipinski definition) is 0. The Morgan fingerprint density at radius 2 is 2.14 bits per heavy atom. The summed E-state index contributed by atoms with van der Waals surface area (Å²) in [6, 6.07) is 1.88. The number of ether oxygens (including phenoxy) is 1. The highest BCUT2D eigenvalue weighted by atomic mass is 35.5. The van der Waals surface area contributed by atoms with Gasteiger partial charge in [-0.15, -0.1) is 11.6 Å². The lowest BCUT2D eigenvalue weighted by Crippen LogP contribution is -2.19. The number of rotatable bonds is 6. The van der Waals surface area contributed by atoms with Crippen molar-refractivity contribution < 1.29 is 17.9 Å². The van der Waals surface area contributed by atoms with Gasteiger partial charge in [0.05, 0.1) is 6.61 Å². The first-order valence-electron chi connectivity index (χ1n) is 6.43. The Morgan fingerprint density at radius 1 is 1.38 bits per heavy atom. The number of fused-ring (bicyclic) bond motifs is 1. The molecule has 2 heterocycles. The number of nitrogens with zero attached hydrogens (tertiary/aromatic N) is 3. The number of alkyl halides is 4. The van der Waals surface area contributed by atoms with Crippen molar-refractivity contribution in [2.75, 3.05) is 19.1 Å². The van der Waals surface area contributed by atoms with E-state index >= 15 is 0 Å². The van der Waals surface area contributed by atoms with Gasteiger partial charge in [0.2, 0.25) is 0 Å². The van der Waals surface area contributed by atoms with E-state index < -0.39 is 12.8 Å². The maximum Gasteiger partial charge on any atom is 0.411 e. The van der Waals surface area contributed by atoms with Crippen LogP contribution in [0.1, 0.15) is 11.4 Å². The number of imidazole rings is 1. The maximum absolute atomic E-state index is 12.0. The Hall–Kier alpha value is -1.34. The maximum atomic E-state index is 12.0. The van der Waals surface area contributed by atoms with Crippen LogP contribution in [-0.2, 0) is 17.7 Å². The van der Waals surface area contributed by atoms with E-state index in [9.17, 15) is 13.2 Å². The summed E-state index contributed by atoms with van der Waals surface area (Å²) in [7, 11) is 0. The van der Waals surface area contributed by atoms with Crippen molar-refractivity contribution in [3.63, 3.8) is 0 Å². The summed E-state index contributed by atoms with van der Waals surface area (Å²) in [5.41, 5.74) is 2.32. The van der Waals surface area contributed by atoms with Gasteiger partial charge in [-0.25, -0.2) is 9.97 Å². The number of hydrogen-bond acceptors (Lipinski definition) is 3. The van der Waals surface area contributed by atoms with Crippen molar-refractivity contribution in [2.45, 2.75) is 26.1 Å². The molecule has 116 valence electrons. The third-order valence-corrected chi connectivity index (χ3v) is 3.03. The summed E-state index contributed by atoms with van der Waals surface area (Å²) < 4.78 is 42.5. The van der Waals surface area contributed by atoms with Gasteiger partial charge in [-0.1, -0.05) is 0 Å². The van der Waals surface area contributed by atoms with Crippen LogP contribution in [0.15, 0.2) is 12.3 Å². The molecule has 0 unspecified atom stereocenters. The van der Waals surface area contributed by atoms with E-state index in [2.05, 4.69) is 14.7 Å². The average molecular weight is 322 g/mol. The number of aryl methyl sites for hydroxylation is 2. The molecule has 0 saturated heterocycles. The zero-order valence-corrected chi connectivity index (χ0v) is 12.2. The van der Waals surface area contributed by atoms with Crippen LogP contribution in [0.5, 0.6) is 0 Å². The molecule has 0 fully saturated rings. The second-order valence-electron chi connectivity index (χ2n) is 4.64. The van der Waals surface area contributed by atoms with Gasteiger partial charge >= 0.3 is 6.18 Å². The molecule has 0 aliphatic carbocycles. The first-order valence-corrected chi connectivity index (χ1v) is 6.96. The highest BCUT2D eigenvalue weighted by Gasteiger charge is 2.27. The van der Waals surface area contributed by atoms with E-state index in [4.69, 9.17) is 11.6 Å². The van der Waals surface area contributed by atoms with Crippen molar-refractivity contribution in [1.82, 2.24) is 14.5 Å². The fourth-order valence-electron chi connectivity index (χ4n) is 2.01. The largest absolute Gasteiger partial charge is 0.411 e. The minimum atomic E-state index is -4.31. The molecule has 4 nitrogen and oxygen atoms in total. The zero-order valence-electron chi connectivity index (χ0n) is 11.5. The van der Waals surface area contributed by atoms with Crippen molar-refractivity contribution in [1.29, 1.82) is 0 Å². The van der Waals surface area contributed by atoms with Crippen LogP contribution in [0.25, 0.3) is 11.2 Å². The summed E-state index contributed by atoms with van der Waals surface area (Å²) in [5.74, 6) is 1.08. The standard InChI is InChI=1S/C13H15ClF3N3O/c1-9-6-10-12(18-7-9)20(11(19-10)2-3-14)4-5-21-8-13(15,16)17/h6-7H,2-5,8H2,1H3. The van der Waals surface area contributed by atoms with Crippen molar-refractivity contribution in [3.8, 4) is 0 Å². The molecule has 0 N–H and O–H groups in total. The molecule has 8 heteroatoms. The van der Waals surface area contributed by atoms with E-state index in [1.165, 1.54) is 0 Å².